The maximum atomic E-state index is 9.02. The van der Waals surface area contributed by atoms with Gasteiger partial charge in [-0.1, -0.05) is 26.0 Å². The second kappa shape index (κ2) is 8.02. The molecule has 1 aliphatic rings. The second-order valence-corrected chi connectivity index (χ2v) is 5.99. The van der Waals surface area contributed by atoms with E-state index in [0.717, 1.165) is 38.6 Å². The topological polar surface area (TPSA) is 39.5 Å². The third-order valence-electron chi connectivity index (χ3n) is 3.76. The van der Waals surface area contributed by atoms with Gasteiger partial charge in [0, 0.05) is 39.3 Å². The molecule has 114 valence electrons. The number of rotatable bonds is 6. The van der Waals surface area contributed by atoms with Crippen LogP contribution < -0.4 is 4.74 Å². The van der Waals surface area contributed by atoms with E-state index in [0.29, 0.717) is 17.9 Å². The molecule has 0 radical (unpaired) electrons. The third kappa shape index (κ3) is 5.04. The van der Waals surface area contributed by atoms with Gasteiger partial charge in [0.25, 0.3) is 0 Å². The van der Waals surface area contributed by atoms with Gasteiger partial charge in [-0.25, -0.2) is 0 Å². The monoisotopic (exact) mass is 287 g/mol. The molecular weight excluding hydrogens is 262 g/mol. The average molecular weight is 287 g/mol. The Balaban J connectivity index is 1.70. The predicted molar refractivity (Wildman–Crippen MR) is 84.4 cm³/mol. The summed E-state index contributed by atoms with van der Waals surface area (Å²) in [6.07, 6.45) is 0. The lowest BCUT2D eigenvalue weighted by Crippen LogP contribution is -2.48. The number of nitrogens with zero attached hydrogens (tertiary/aromatic N) is 3. The van der Waals surface area contributed by atoms with Crippen LogP contribution in [-0.4, -0.2) is 55.7 Å². The van der Waals surface area contributed by atoms with Crippen LogP contribution in [0.4, 0.5) is 0 Å². The fourth-order valence-corrected chi connectivity index (χ4v) is 2.68. The minimum Gasteiger partial charge on any atom is -0.491 e. The van der Waals surface area contributed by atoms with Gasteiger partial charge in [0.2, 0.25) is 0 Å². The van der Waals surface area contributed by atoms with Crippen molar-refractivity contribution in [1.29, 1.82) is 5.26 Å². The molecule has 1 aromatic carbocycles. The minimum atomic E-state index is 0.610. The summed E-state index contributed by atoms with van der Waals surface area (Å²) in [4.78, 5) is 4.97. The van der Waals surface area contributed by atoms with Gasteiger partial charge in [0.05, 0.1) is 5.56 Å². The minimum absolute atomic E-state index is 0.610. The molecule has 0 unspecified atom stereocenters. The number of hydrogen-bond acceptors (Lipinski definition) is 4. The first-order valence-corrected chi connectivity index (χ1v) is 7.75. The summed E-state index contributed by atoms with van der Waals surface area (Å²) in [7, 11) is 0. The molecule has 0 N–H and O–H groups in total. The van der Waals surface area contributed by atoms with Crippen molar-refractivity contribution in [2.45, 2.75) is 13.8 Å². The first-order valence-electron chi connectivity index (χ1n) is 7.75. The molecule has 21 heavy (non-hydrogen) atoms. The van der Waals surface area contributed by atoms with Crippen LogP contribution in [0.2, 0.25) is 0 Å². The zero-order valence-corrected chi connectivity index (χ0v) is 13.1. The fourth-order valence-electron chi connectivity index (χ4n) is 2.68. The molecule has 4 heteroatoms. The number of nitriles is 1. The quantitative estimate of drug-likeness (QED) is 0.804. The van der Waals surface area contributed by atoms with Gasteiger partial charge in [0.15, 0.2) is 0 Å². The molecule has 0 atom stereocenters. The summed E-state index contributed by atoms with van der Waals surface area (Å²) >= 11 is 0. The van der Waals surface area contributed by atoms with Crippen LogP contribution in [0.3, 0.4) is 0 Å². The molecule has 1 aromatic rings. The summed E-state index contributed by atoms with van der Waals surface area (Å²) < 4.78 is 5.74. The van der Waals surface area contributed by atoms with Crippen molar-refractivity contribution in [3.05, 3.63) is 29.8 Å². The van der Waals surface area contributed by atoms with E-state index in [1.165, 1.54) is 6.54 Å². The van der Waals surface area contributed by atoms with E-state index in [1.54, 1.807) is 6.07 Å². The molecule has 0 aliphatic carbocycles. The average Bonchev–Trinajstić information content (AvgIpc) is 2.49. The molecular formula is C17H25N3O. The van der Waals surface area contributed by atoms with Crippen LogP contribution in [0.25, 0.3) is 0 Å². The van der Waals surface area contributed by atoms with Crippen molar-refractivity contribution >= 4 is 0 Å². The Morgan fingerprint density at radius 3 is 2.48 bits per heavy atom. The molecule has 2 rings (SSSR count). The first-order chi connectivity index (χ1) is 10.2. The Hall–Kier alpha value is -1.57. The fraction of sp³-hybridized carbons (Fsp3) is 0.588. The molecule has 1 saturated heterocycles. The van der Waals surface area contributed by atoms with Gasteiger partial charge in [-0.15, -0.1) is 0 Å². The van der Waals surface area contributed by atoms with E-state index in [-0.39, 0.29) is 0 Å². The summed E-state index contributed by atoms with van der Waals surface area (Å²) in [5.41, 5.74) is 0.610. The van der Waals surface area contributed by atoms with Crippen molar-refractivity contribution in [2.24, 2.45) is 5.92 Å². The Labute approximate surface area is 127 Å². The van der Waals surface area contributed by atoms with Crippen LogP contribution in [0.1, 0.15) is 19.4 Å². The largest absolute Gasteiger partial charge is 0.491 e. The van der Waals surface area contributed by atoms with Crippen LogP contribution in [0.5, 0.6) is 5.75 Å². The molecule has 0 bridgehead atoms. The Morgan fingerprint density at radius 1 is 1.14 bits per heavy atom. The van der Waals surface area contributed by atoms with E-state index >= 15 is 0 Å². The van der Waals surface area contributed by atoms with E-state index in [9.17, 15) is 0 Å². The van der Waals surface area contributed by atoms with Crippen molar-refractivity contribution in [1.82, 2.24) is 9.80 Å². The van der Waals surface area contributed by atoms with Crippen LogP contribution in [0, 0.1) is 17.2 Å². The lowest BCUT2D eigenvalue weighted by Gasteiger charge is -2.35. The third-order valence-corrected chi connectivity index (χ3v) is 3.76. The van der Waals surface area contributed by atoms with Gasteiger partial charge < -0.3 is 9.64 Å². The standard InChI is InChI=1S/C17H25N3O/c1-15(2)14-20-9-7-19(8-10-20)11-12-21-17-6-4-3-5-16(17)13-18/h3-6,15H,7-12,14H2,1-2H3. The summed E-state index contributed by atoms with van der Waals surface area (Å²) in [5, 5.41) is 9.02. The molecule has 1 heterocycles. The van der Waals surface area contributed by atoms with Crippen LogP contribution in [0.15, 0.2) is 24.3 Å². The Kier molecular flexibility index (Phi) is 6.04. The highest BCUT2D eigenvalue weighted by Crippen LogP contribution is 2.16. The highest BCUT2D eigenvalue weighted by Gasteiger charge is 2.17. The molecule has 1 fully saturated rings. The number of para-hydroxylation sites is 1. The normalized spacial score (nSPS) is 16.9. The summed E-state index contributed by atoms with van der Waals surface area (Å²) in [6.45, 7) is 11.8. The lowest BCUT2D eigenvalue weighted by atomic mass is 10.2. The van der Waals surface area contributed by atoms with E-state index in [2.05, 4.69) is 29.7 Å². The lowest BCUT2D eigenvalue weighted by molar-refractivity contribution is 0.109. The van der Waals surface area contributed by atoms with Crippen LogP contribution >= 0.6 is 0 Å². The highest BCUT2D eigenvalue weighted by atomic mass is 16.5. The first kappa shape index (κ1) is 15.8. The Morgan fingerprint density at radius 2 is 1.81 bits per heavy atom. The van der Waals surface area contributed by atoms with Gasteiger partial charge >= 0.3 is 0 Å². The number of hydrogen-bond donors (Lipinski definition) is 0. The maximum Gasteiger partial charge on any atom is 0.137 e. The van der Waals surface area contributed by atoms with E-state index in [4.69, 9.17) is 10.00 Å². The maximum absolute atomic E-state index is 9.02. The van der Waals surface area contributed by atoms with Gasteiger partial charge in [-0.3, -0.25) is 4.90 Å². The molecule has 4 nitrogen and oxygen atoms in total. The van der Waals surface area contributed by atoms with Crippen molar-refractivity contribution in [3.8, 4) is 11.8 Å². The van der Waals surface area contributed by atoms with Gasteiger partial charge in [-0.05, 0) is 18.1 Å². The zero-order chi connectivity index (χ0) is 15.1. The van der Waals surface area contributed by atoms with Gasteiger partial charge in [0.1, 0.15) is 18.4 Å². The molecule has 0 spiro atoms. The zero-order valence-electron chi connectivity index (χ0n) is 13.1. The van der Waals surface area contributed by atoms with Crippen molar-refractivity contribution in [2.75, 3.05) is 45.9 Å². The van der Waals surface area contributed by atoms with E-state index < -0.39 is 0 Å². The van der Waals surface area contributed by atoms with E-state index in [1.807, 2.05) is 18.2 Å². The molecule has 0 aromatic heterocycles. The predicted octanol–water partition coefficient (Wildman–Crippen LogP) is 2.21. The molecule has 1 aliphatic heterocycles. The Bertz CT molecular complexity index is 473. The number of ether oxygens (including phenoxy) is 1. The summed E-state index contributed by atoms with van der Waals surface area (Å²) in [6, 6.07) is 9.58. The number of benzene rings is 1. The van der Waals surface area contributed by atoms with Crippen LogP contribution in [-0.2, 0) is 0 Å². The van der Waals surface area contributed by atoms with Crippen molar-refractivity contribution in [3.63, 3.8) is 0 Å². The number of piperazine rings is 1. The summed E-state index contributed by atoms with van der Waals surface area (Å²) in [5.74, 6) is 1.43. The van der Waals surface area contributed by atoms with Crippen molar-refractivity contribution < 1.29 is 4.74 Å². The highest BCUT2D eigenvalue weighted by molar-refractivity contribution is 5.42. The SMILES string of the molecule is CC(C)CN1CCN(CCOc2ccccc2C#N)CC1. The molecule has 0 amide bonds. The van der Waals surface area contributed by atoms with Gasteiger partial charge in [-0.2, -0.15) is 5.26 Å². The second-order valence-electron chi connectivity index (χ2n) is 5.99. The molecule has 0 saturated carbocycles. The smallest absolute Gasteiger partial charge is 0.137 e.